The number of carbonyl (C=O) groups excluding carboxylic acids is 1. The fourth-order valence-electron chi connectivity index (χ4n) is 3.17. The molecule has 25 heavy (non-hydrogen) atoms. The predicted molar refractivity (Wildman–Crippen MR) is 95.6 cm³/mol. The Bertz CT molecular complexity index is 716. The highest BCUT2D eigenvalue weighted by molar-refractivity contribution is 6.30. The van der Waals surface area contributed by atoms with Crippen molar-refractivity contribution in [2.45, 2.75) is 38.6 Å². The van der Waals surface area contributed by atoms with Gasteiger partial charge in [0.25, 0.3) is 0 Å². The molecule has 1 atom stereocenters. The first kappa shape index (κ1) is 18.0. The summed E-state index contributed by atoms with van der Waals surface area (Å²) in [4.78, 5) is 18.7. The van der Waals surface area contributed by atoms with Crippen molar-refractivity contribution in [1.29, 1.82) is 0 Å². The van der Waals surface area contributed by atoms with Crippen LogP contribution in [0.1, 0.15) is 49.4 Å². The van der Waals surface area contributed by atoms with Gasteiger partial charge in [0.1, 0.15) is 18.4 Å². The van der Waals surface area contributed by atoms with Crippen LogP contribution >= 0.6 is 11.6 Å². The standard InChI is InChI=1S/C19H23ClN2O3/c1-2-24-13-18(23)22-9-4-3-8-17(22)19-21-12-16(25-19)11-14-6-5-7-15(20)10-14/h5-7,10,12,17H,2-4,8-9,11,13H2,1H3/t17-/m1/s1. The van der Waals surface area contributed by atoms with Gasteiger partial charge >= 0.3 is 0 Å². The molecule has 0 spiro atoms. The van der Waals surface area contributed by atoms with E-state index in [9.17, 15) is 4.79 Å². The molecule has 1 saturated heterocycles. The molecule has 1 aliphatic rings. The van der Waals surface area contributed by atoms with Crippen LogP contribution in [-0.4, -0.2) is 35.5 Å². The summed E-state index contributed by atoms with van der Waals surface area (Å²) in [7, 11) is 0. The van der Waals surface area contributed by atoms with Crippen molar-refractivity contribution < 1.29 is 13.9 Å². The van der Waals surface area contributed by atoms with Gasteiger partial charge in [-0.2, -0.15) is 0 Å². The number of aromatic nitrogens is 1. The quantitative estimate of drug-likeness (QED) is 0.779. The van der Waals surface area contributed by atoms with Crippen molar-refractivity contribution in [3.05, 3.63) is 52.7 Å². The Kier molecular flexibility index (Phi) is 6.10. The Morgan fingerprint density at radius 2 is 2.32 bits per heavy atom. The zero-order valence-electron chi connectivity index (χ0n) is 14.4. The predicted octanol–water partition coefficient (Wildman–Crippen LogP) is 4.01. The first-order valence-electron chi connectivity index (χ1n) is 8.73. The second kappa shape index (κ2) is 8.50. The number of nitrogens with zero attached hydrogens (tertiary/aromatic N) is 2. The maximum atomic E-state index is 12.4. The summed E-state index contributed by atoms with van der Waals surface area (Å²) in [6.45, 7) is 3.26. The van der Waals surface area contributed by atoms with E-state index < -0.39 is 0 Å². The van der Waals surface area contributed by atoms with Gasteiger partial charge in [-0.15, -0.1) is 0 Å². The fraction of sp³-hybridized carbons (Fsp3) is 0.474. The second-order valence-electron chi connectivity index (χ2n) is 6.21. The number of carbonyl (C=O) groups is 1. The molecule has 2 aromatic rings. The summed E-state index contributed by atoms with van der Waals surface area (Å²) in [6.07, 6.45) is 5.32. The minimum Gasteiger partial charge on any atom is -0.443 e. The number of benzene rings is 1. The molecule has 1 aliphatic heterocycles. The number of piperidine rings is 1. The van der Waals surface area contributed by atoms with Crippen molar-refractivity contribution in [3.8, 4) is 0 Å². The molecule has 2 heterocycles. The van der Waals surface area contributed by atoms with Crippen LogP contribution < -0.4 is 0 Å². The summed E-state index contributed by atoms with van der Waals surface area (Å²) in [5.74, 6) is 1.39. The van der Waals surface area contributed by atoms with Crippen LogP contribution in [0.15, 0.2) is 34.9 Å². The summed E-state index contributed by atoms with van der Waals surface area (Å²) in [6, 6.07) is 7.59. The van der Waals surface area contributed by atoms with Gasteiger partial charge in [0.15, 0.2) is 0 Å². The first-order valence-corrected chi connectivity index (χ1v) is 9.11. The molecule has 1 aromatic heterocycles. The van der Waals surface area contributed by atoms with Crippen molar-refractivity contribution in [2.75, 3.05) is 19.8 Å². The molecule has 1 fully saturated rings. The Balaban J connectivity index is 1.71. The van der Waals surface area contributed by atoms with Crippen molar-refractivity contribution in [2.24, 2.45) is 0 Å². The molecule has 0 N–H and O–H groups in total. The number of oxazole rings is 1. The largest absolute Gasteiger partial charge is 0.443 e. The van der Waals surface area contributed by atoms with E-state index in [0.717, 1.165) is 37.1 Å². The lowest BCUT2D eigenvalue weighted by molar-refractivity contribution is -0.140. The highest BCUT2D eigenvalue weighted by Gasteiger charge is 2.31. The third kappa shape index (κ3) is 4.61. The van der Waals surface area contributed by atoms with Gasteiger partial charge in [0.05, 0.1) is 6.20 Å². The molecule has 5 nitrogen and oxygen atoms in total. The van der Waals surface area contributed by atoms with Crippen LogP contribution in [0.5, 0.6) is 0 Å². The van der Waals surface area contributed by atoms with E-state index in [4.69, 9.17) is 20.8 Å². The number of ether oxygens (including phenoxy) is 1. The van der Waals surface area contributed by atoms with E-state index in [2.05, 4.69) is 4.98 Å². The zero-order valence-corrected chi connectivity index (χ0v) is 15.2. The summed E-state index contributed by atoms with van der Waals surface area (Å²) in [5, 5.41) is 0.706. The lowest BCUT2D eigenvalue weighted by Gasteiger charge is -2.33. The molecule has 134 valence electrons. The van der Waals surface area contributed by atoms with Crippen LogP contribution in [0.3, 0.4) is 0 Å². The third-order valence-corrected chi connectivity index (χ3v) is 4.61. The maximum Gasteiger partial charge on any atom is 0.249 e. The molecule has 0 unspecified atom stereocenters. The average Bonchev–Trinajstić information content (AvgIpc) is 3.08. The van der Waals surface area contributed by atoms with Crippen molar-refractivity contribution in [3.63, 3.8) is 0 Å². The smallest absolute Gasteiger partial charge is 0.249 e. The van der Waals surface area contributed by atoms with Gasteiger partial charge in [0.2, 0.25) is 11.8 Å². The van der Waals surface area contributed by atoms with Crippen LogP contribution in [0.2, 0.25) is 5.02 Å². The number of hydrogen-bond acceptors (Lipinski definition) is 4. The highest BCUT2D eigenvalue weighted by atomic mass is 35.5. The van der Waals surface area contributed by atoms with Gasteiger partial charge in [-0.1, -0.05) is 23.7 Å². The Labute approximate surface area is 152 Å². The van der Waals surface area contributed by atoms with Gasteiger partial charge in [0, 0.05) is 24.6 Å². The number of halogens is 1. The van der Waals surface area contributed by atoms with E-state index in [1.807, 2.05) is 36.1 Å². The van der Waals surface area contributed by atoms with Gasteiger partial charge in [-0.25, -0.2) is 4.98 Å². The minimum absolute atomic E-state index is 0.00106. The summed E-state index contributed by atoms with van der Waals surface area (Å²) < 4.78 is 11.2. The van der Waals surface area contributed by atoms with Gasteiger partial charge in [-0.05, 0) is 43.9 Å². The van der Waals surface area contributed by atoms with Crippen molar-refractivity contribution >= 4 is 17.5 Å². The molecule has 1 aromatic carbocycles. The van der Waals surface area contributed by atoms with Crippen LogP contribution in [0.4, 0.5) is 0 Å². The second-order valence-corrected chi connectivity index (χ2v) is 6.64. The molecule has 6 heteroatoms. The normalized spacial score (nSPS) is 17.7. The summed E-state index contributed by atoms with van der Waals surface area (Å²) in [5.41, 5.74) is 1.07. The number of rotatable bonds is 6. The SMILES string of the molecule is CCOCC(=O)N1CCCC[C@@H]1c1ncc(Cc2cccc(Cl)c2)o1. The Hall–Kier alpha value is -1.85. The van der Waals surface area contributed by atoms with Gasteiger partial charge < -0.3 is 14.1 Å². The first-order chi connectivity index (χ1) is 12.2. The van der Waals surface area contributed by atoms with E-state index in [-0.39, 0.29) is 18.6 Å². The summed E-state index contributed by atoms with van der Waals surface area (Å²) >= 11 is 6.03. The third-order valence-electron chi connectivity index (χ3n) is 4.38. The number of likely N-dealkylation sites (tertiary alicyclic amines) is 1. The molecular formula is C19H23ClN2O3. The lowest BCUT2D eigenvalue weighted by Crippen LogP contribution is -2.40. The number of hydrogen-bond donors (Lipinski definition) is 0. The molecule has 0 saturated carbocycles. The van der Waals surface area contributed by atoms with Gasteiger partial charge in [-0.3, -0.25) is 4.79 Å². The fourth-order valence-corrected chi connectivity index (χ4v) is 3.38. The van der Waals surface area contributed by atoms with E-state index in [0.29, 0.717) is 23.9 Å². The molecule has 1 amide bonds. The van der Waals surface area contributed by atoms with E-state index in [1.165, 1.54) is 0 Å². The Morgan fingerprint density at radius 3 is 3.12 bits per heavy atom. The molecule has 0 radical (unpaired) electrons. The average molecular weight is 363 g/mol. The molecular weight excluding hydrogens is 340 g/mol. The minimum atomic E-state index is -0.102. The molecule has 3 rings (SSSR count). The Morgan fingerprint density at radius 1 is 1.44 bits per heavy atom. The van der Waals surface area contributed by atoms with E-state index >= 15 is 0 Å². The lowest BCUT2D eigenvalue weighted by atomic mass is 10.0. The number of amides is 1. The van der Waals surface area contributed by atoms with Crippen LogP contribution in [0, 0.1) is 0 Å². The molecule has 0 bridgehead atoms. The van der Waals surface area contributed by atoms with E-state index in [1.54, 1.807) is 6.20 Å². The van der Waals surface area contributed by atoms with Crippen LogP contribution in [0.25, 0.3) is 0 Å². The topological polar surface area (TPSA) is 55.6 Å². The van der Waals surface area contributed by atoms with Crippen molar-refractivity contribution in [1.82, 2.24) is 9.88 Å². The monoisotopic (exact) mass is 362 g/mol. The maximum absolute atomic E-state index is 12.4. The zero-order chi connectivity index (χ0) is 17.6. The van der Waals surface area contributed by atoms with Crippen LogP contribution in [-0.2, 0) is 16.0 Å². The molecule has 0 aliphatic carbocycles. The highest BCUT2D eigenvalue weighted by Crippen LogP contribution is 2.31.